The van der Waals surface area contributed by atoms with Crippen molar-refractivity contribution < 1.29 is 9.47 Å². The molecule has 3 aromatic carbocycles. The second-order valence-electron chi connectivity index (χ2n) is 16.3. The fourth-order valence-electron chi connectivity index (χ4n) is 8.11. The molecule has 0 heterocycles. The van der Waals surface area contributed by atoms with Crippen LogP contribution in [0.3, 0.4) is 0 Å². The molecule has 0 amide bonds. The first-order chi connectivity index (χ1) is 26.7. The minimum atomic E-state index is 0.665. The maximum atomic E-state index is 6.90. The molecule has 0 aliphatic carbocycles. The molecule has 0 bridgehead atoms. The third-order valence-corrected chi connectivity index (χ3v) is 12.1. The summed E-state index contributed by atoms with van der Waals surface area (Å²) in [5, 5.41) is 5.22. The minimum Gasteiger partial charge on any atom is -0.492 e. The molecule has 0 fully saturated rings. The maximum Gasteiger partial charge on any atom is 0.138 e. The van der Waals surface area contributed by atoms with Crippen LogP contribution in [0.1, 0.15) is 219 Å². The predicted molar refractivity (Wildman–Crippen MR) is 242 cm³/mol. The first-order valence-corrected chi connectivity index (χ1v) is 24.0. The molecular formula is C50H80Cl2O2. The monoisotopic (exact) mass is 783 g/mol. The Morgan fingerprint density at radius 2 is 0.593 bits per heavy atom. The van der Waals surface area contributed by atoms with Crippen LogP contribution in [0, 0.1) is 0 Å². The van der Waals surface area contributed by atoms with E-state index in [1.165, 1.54) is 193 Å². The molecule has 0 aliphatic heterocycles. The number of fused-ring (bicyclic) bond motifs is 2. The number of unbranched alkanes of at least 4 members (excludes halogenated alkanes) is 30. The molecule has 0 N–H and O–H groups in total. The fourth-order valence-corrected chi connectivity index (χ4v) is 8.63. The number of hydrogen-bond acceptors (Lipinski definition) is 2. The van der Waals surface area contributed by atoms with E-state index >= 15 is 0 Å². The zero-order valence-corrected chi connectivity index (χ0v) is 36.6. The van der Waals surface area contributed by atoms with Crippen LogP contribution in [0.25, 0.3) is 21.5 Å². The molecule has 2 nitrogen and oxygen atoms in total. The first-order valence-electron chi connectivity index (χ1n) is 23.3. The third-order valence-electron chi connectivity index (χ3n) is 11.5. The quantitative estimate of drug-likeness (QED) is 0.0432. The molecule has 3 aromatic rings. The van der Waals surface area contributed by atoms with Gasteiger partial charge < -0.3 is 9.47 Å². The average molecular weight is 784 g/mol. The van der Waals surface area contributed by atoms with Crippen molar-refractivity contribution in [1.29, 1.82) is 0 Å². The van der Waals surface area contributed by atoms with Crippen molar-refractivity contribution in [2.45, 2.75) is 219 Å². The number of halogens is 2. The Balaban J connectivity index is 1.34. The number of benzene rings is 3. The van der Waals surface area contributed by atoms with Gasteiger partial charge in [-0.3, -0.25) is 0 Å². The Morgan fingerprint density at radius 3 is 0.889 bits per heavy atom. The van der Waals surface area contributed by atoms with Gasteiger partial charge in [0.1, 0.15) is 11.5 Å². The number of ether oxygens (including phenoxy) is 2. The summed E-state index contributed by atoms with van der Waals surface area (Å²) in [5.74, 6) is 1.67. The topological polar surface area (TPSA) is 18.5 Å². The molecule has 0 spiro atoms. The van der Waals surface area contributed by atoms with Crippen LogP contribution >= 0.6 is 23.2 Å². The van der Waals surface area contributed by atoms with E-state index in [9.17, 15) is 0 Å². The van der Waals surface area contributed by atoms with E-state index in [0.29, 0.717) is 23.3 Å². The van der Waals surface area contributed by atoms with Crippen molar-refractivity contribution in [2.75, 3.05) is 13.2 Å². The molecule has 0 aliphatic rings. The summed E-state index contributed by atoms with van der Waals surface area (Å²) in [6, 6.07) is 12.2. The van der Waals surface area contributed by atoms with Gasteiger partial charge in [-0.2, -0.15) is 0 Å². The van der Waals surface area contributed by atoms with Gasteiger partial charge in [-0.05, 0) is 25.0 Å². The van der Waals surface area contributed by atoms with Crippen molar-refractivity contribution >= 4 is 44.7 Å². The van der Waals surface area contributed by atoms with E-state index in [2.05, 4.69) is 26.0 Å². The van der Waals surface area contributed by atoms with E-state index in [4.69, 9.17) is 32.7 Å². The number of hydrogen-bond donors (Lipinski definition) is 0. The highest BCUT2D eigenvalue weighted by Gasteiger charge is 2.20. The largest absolute Gasteiger partial charge is 0.492 e. The van der Waals surface area contributed by atoms with Crippen LogP contribution in [-0.2, 0) is 0 Å². The molecule has 0 atom stereocenters. The van der Waals surface area contributed by atoms with Crippen molar-refractivity contribution in [3.63, 3.8) is 0 Å². The Bertz CT molecular complexity index is 1290. The van der Waals surface area contributed by atoms with Gasteiger partial charge in [-0.25, -0.2) is 0 Å². The highest BCUT2D eigenvalue weighted by Crippen LogP contribution is 2.48. The minimum absolute atomic E-state index is 0.665. The molecule has 54 heavy (non-hydrogen) atoms. The van der Waals surface area contributed by atoms with E-state index < -0.39 is 0 Å². The fraction of sp³-hybridized carbons (Fsp3) is 0.720. The highest BCUT2D eigenvalue weighted by atomic mass is 35.5. The van der Waals surface area contributed by atoms with E-state index in [-0.39, 0.29) is 0 Å². The molecule has 4 heteroatoms. The highest BCUT2D eigenvalue weighted by molar-refractivity contribution is 6.40. The van der Waals surface area contributed by atoms with Gasteiger partial charge in [0.05, 0.1) is 23.3 Å². The van der Waals surface area contributed by atoms with Gasteiger partial charge in [0, 0.05) is 21.5 Å². The van der Waals surface area contributed by atoms with Gasteiger partial charge in [0.2, 0.25) is 0 Å². The summed E-state index contributed by atoms with van der Waals surface area (Å²) in [6.45, 7) is 5.95. The van der Waals surface area contributed by atoms with Gasteiger partial charge in [0.25, 0.3) is 0 Å². The van der Waals surface area contributed by atoms with Crippen molar-refractivity contribution in [3.8, 4) is 11.5 Å². The van der Waals surface area contributed by atoms with Crippen molar-refractivity contribution in [3.05, 3.63) is 46.4 Å². The Kier molecular flexibility index (Phi) is 27.2. The lowest BCUT2D eigenvalue weighted by Crippen LogP contribution is -2.03. The summed E-state index contributed by atoms with van der Waals surface area (Å²) in [6.07, 6.45) is 43.6. The molecule has 3 rings (SSSR count). The molecule has 0 radical (unpaired) electrons. The summed E-state index contributed by atoms with van der Waals surface area (Å²) < 4.78 is 13.2. The van der Waals surface area contributed by atoms with Gasteiger partial charge in [-0.15, -0.1) is 0 Å². The van der Waals surface area contributed by atoms with E-state index in [1.54, 1.807) is 0 Å². The lowest BCUT2D eigenvalue weighted by atomic mass is 10.00. The predicted octanol–water partition coefficient (Wildman–Crippen LogP) is 18.6. The molecular weight excluding hydrogens is 703 g/mol. The lowest BCUT2D eigenvalue weighted by molar-refractivity contribution is 0.306. The zero-order valence-electron chi connectivity index (χ0n) is 35.1. The number of rotatable bonds is 36. The van der Waals surface area contributed by atoms with Crippen LogP contribution in [0.2, 0.25) is 10.0 Å². The van der Waals surface area contributed by atoms with Gasteiger partial charge in [-0.1, -0.05) is 254 Å². The molecule has 0 saturated heterocycles. The van der Waals surface area contributed by atoms with Crippen LogP contribution < -0.4 is 9.47 Å². The van der Waals surface area contributed by atoms with E-state index in [0.717, 1.165) is 45.9 Å². The summed E-state index contributed by atoms with van der Waals surface area (Å²) in [7, 11) is 0. The Labute approximate surface area is 343 Å². The van der Waals surface area contributed by atoms with Crippen molar-refractivity contribution in [2.24, 2.45) is 0 Å². The zero-order chi connectivity index (χ0) is 38.3. The Hall–Kier alpha value is -1.64. The normalized spacial score (nSPS) is 11.6. The summed E-state index contributed by atoms with van der Waals surface area (Å²) in [4.78, 5) is 0. The van der Waals surface area contributed by atoms with Crippen LogP contribution in [0.4, 0.5) is 0 Å². The van der Waals surface area contributed by atoms with Gasteiger partial charge in [0.15, 0.2) is 0 Å². The standard InChI is InChI=1S/C50H80Cl2O2/c1-3-5-7-9-11-13-15-17-19-21-23-25-27-29-31-33-41-53-49-43-37-35-39-45(51)47(43)50(48-44(49)38-36-40-46(48)52)54-42-34-32-30-28-26-24-22-20-18-16-14-12-10-8-6-4-2/h35-40H,3-34,41-42H2,1-2H3. The molecule has 306 valence electrons. The Morgan fingerprint density at radius 1 is 0.333 bits per heavy atom. The SMILES string of the molecule is CCCCCCCCCCCCCCCCCCOc1c2cccc(Cl)c2c(OCCCCCCCCCCCCCCCCCC)c2c(Cl)cccc12. The van der Waals surface area contributed by atoms with Gasteiger partial charge >= 0.3 is 0 Å². The molecule has 0 aromatic heterocycles. The molecule has 0 unspecified atom stereocenters. The van der Waals surface area contributed by atoms with Crippen LogP contribution in [-0.4, -0.2) is 13.2 Å². The third kappa shape index (κ3) is 19.0. The molecule has 0 saturated carbocycles. The smallest absolute Gasteiger partial charge is 0.138 e. The second-order valence-corrected chi connectivity index (χ2v) is 17.1. The van der Waals surface area contributed by atoms with E-state index in [1.807, 2.05) is 24.3 Å². The van der Waals surface area contributed by atoms with Crippen LogP contribution in [0.15, 0.2) is 36.4 Å². The maximum absolute atomic E-state index is 6.90. The first kappa shape index (κ1) is 46.7. The lowest BCUT2D eigenvalue weighted by Gasteiger charge is -2.19. The van der Waals surface area contributed by atoms with Crippen LogP contribution in [0.5, 0.6) is 11.5 Å². The van der Waals surface area contributed by atoms with Crippen molar-refractivity contribution in [1.82, 2.24) is 0 Å². The summed E-state index contributed by atoms with van der Waals surface area (Å²) in [5.41, 5.74) is 0. The average Bonchev–Trinajstić information content (AvgIpc) is 3.17. The summed E-state index contributed by atoms with van der Waals surface area (Å²) >= 11 is 13.8. The second kappa shape index (κ2) is 31.4.